The second kappa shape index (κ2) is 11.8. The second-order valence-electron chi connectivity index (χ2n) is 12.5. The Kier molecular flexibility index (Phi) is 7.54. The van der Waals surface area contributed by atoms with Gasteiger partial charge in [0, 0.05) is 11.1 Å². The van der Waals surface area contributed by atoms with E-state index in [1.807, 2.05) is 72.8 Å². The van der Waals surface area contributed by atoms with Crippen LogP contribution >= 0.6 is 0 Å². The Hall–Kier alpha value is -5.41. The van der Waals surface area contributed by atoms with E-state index in [0.717, 1.165) is 24.0 Å². The molecule has 2 aliphatic rings. The molecule has 0 aliphatic heterocycles. The van der Waals surface area contributed by atoms with E-state index < -0.39 is 5.41 Å². The summed E-state index contributed by atoms with van der Waals surface area (Å²) >= 11 is 0. The summed E-state index contributed by atoms with van der Waals surface area (Å²) in [4.78, 5) is 13.1. The Balaban J connectivity index is 1.21. The van der Waals surface area contributed by atoms with Gasteiger partial charge < -0.3 is 9.84 Å². The summed E-state index contributed by atoms with van der Waals surface area (Å²) in [6.45, 7) is 8.64. The molecular weight excluding hydrogens is 564 g/mol. The first kappa shape index (κ1) is 29.3. The van der Waals surface area contributed by atoms with Crippen LogP contribution in [0.2, 0.25) is 0 Å². The standard InChI is InChI=1S/C43H36O3/c1-28(2)30-11-13-31(14-12-30)42(45)32-15-23-36(24-16-32)46-37-25-19-34(20-26-37)43(33-17-21-35(44)22-18-33)40-9-5-4-8-38(40)39-27-29(3)7-6-10-41(39)43/h4-6,8-26,28,44H,3,7,27H2,1-2H3. The number of hydrogen-bond donors (Lipinski definition) is 1. The number of hydrogen-bond acceptors (Lipinski definition) is 3. The maximum atomic E-state index is 13.1. The van der Waals surface area contributed by atoms with Gasteiger partial charge in [-0.25, -0.2) is 0 Å². The van der Waals surface area contributed by atoms with Crippen molar-refractivity contribution in [3.05, 3.63) is 190 Å². The highest BCUT2D eigenvalue weighted by Crippen LogP contribution is 2.57. The minimum atomic E-state index is -0.561. The molecule has 0 fully saturated rings. The molecule has 7 rings (SSSR count). The number of allylic oxidation sites excluding steroid dienone is 5. The maximum absolute atomic E-state index is 13.1. The van der Waals surface area contributed by atoms with Crippen LogP contribution < -0.4 is 4.74 Å². The molecule has 3 heteroatoms. The molecule has 0 saturated carbocycles. The number of fused-ring (bicyclic) bond motifs is 2. The van der Waals surface area contributed by atoms with Gasteiger partial charge in [-0.1, -0.05) is 111 Å². The van der Waals surface area contributed by atoms with E-state index in [2.05, 4.69) is 69.0 Å². The number of phenols is 1. The van der Waals surface area contributed by atoms with Crippen molar-refractivity contribution in [2.75, 3.05) is 0 Å². The lowest BCUT2D eigenvalue weighted by molar-refractivity contribution is 0.103. The third-order valence-corrected chi connectivity index (χ3v) is 9.28. The van der Waals surface area contributed by atoms with Crippen molar-refractivity contribution in [3.8, 4) is 17.2 Å². The molecule has 1 N–H and O–H groups in total. The highest BCUT2D eigenvalue weighted by Gasteiger charge is 2.47. The van der Waals surface area contributed by atoms with Crippen LogP contribution in [0.4, 0.5) is 0 Å². The lowest BCUT2D eigenvalue weighted by atomic mass is 9.66. The number of phenolic OH excluding ortho intramolecular Hbond substituents is 1. The fourth-order valence-electron chi connectivity index (χ4n) is 6.94. The van der Waals surface area contributed by atoms with E-state index in [0.29, 0.717) is 28.5 Å². The summed E-state index contributed by atoms with van der Waals surface area (Å²) in [5.41, 5.74) is 10.4. The molecule has 0 heterocycles. The monoisotopic (exact) mass is 600 g/mol. The molecule has 5 aromatic rings. The number of carbonyl (C=O) groups is 1. The molecule has 3 nitrogen and oxygen atoms in total. The summed E-state index contributed by atoms with van der Waals surface area (Å²) in [5.74, 6) is 2.02. The van der Waals surface area contributed by atoms with Crippen LogP contribution in [0.15, 0.2) is 151 Å². The number of benzene rings is 5. The molecule has 0 bridgehead atoms. The molecule has 5 aromatic carbocycles. The third kappa shape index (κ3) is 5.08. The maximum Gasteiger partial charge on any atom is 0.193 e. The van der Waals surface area contributed by atoms with E-state index in [-0.39, 0.29) is 11.5 Å². The Morgan fingerprint density at radius 1 is 0.761 bits per heavy atom. The Bertz CT molecular complexity index is 1990. The minimum Gasteiger partial charge on any atom is -0.508 e. The zero-order valence-corrected chi connectivity index (χ0v) is 26.2. The van der Waals surface area contributed by atoms with Gasteiger partial charge in [0.2, 0.25) is 0 Å². The van der Waals surface area contributed by atoms with Crippen LogP contribution in [-0.2, 0) is 5.41 Å². The number of rotatable bonds is 7. The smallest absolute Gasteiger partial charge is 0.193 e. The van der Waals surface area contributed by atoms with Crippen LogP contribution in [0.5, 0.6) is 17.2 Å². The largest absolute Gasteiger partial charge is 0.508 e. The highest BCUT2D eigenvalue weighted by atomic mass is 16.5. The van der Waals surface area contributed by atoms with Crippen molar-refractivity contribution in [3.63, 3.8) is 0 Å². The number of carbonyl (C=O) groups excluding carboxylic acids is 1. The van der Waals surface area contributed by atoms with Crippen LogP contribution in [0.1, 0.15) is 76.3 Å². The van der Waals surface area contributed by atoms with Crippen molar-refractivity contribution < 1.29 is 14.6 Å². The van der Waals surface area contributed by atoms with Crippen LogP contribution in [0, 0.1) is 0 Å². The van der Waals surface area contributed by atoms with Gasteiger partial charge in [0.1, 0.15) is 17.2 Å². The first-order valence-electron chi connectivity index (χ1n) is 15.8. The van der Waals surface area contributed by atoms with Gasteiger partial charge in [-0.2, -0.15) is 0 Å². The van der Waals surface area contributed by atoms with E-state index in [9.17, 15) is 9.90 Å². The molecule has 1 atom stereocenters. The van der Waals surface area contributed by atoms with Crippen LogP contribution in [-0.4, -0.2) is 10.9 Å². The number of ether oxygens (including phenoxy) is 1. The SMILES string of the molecule is C=C1CC=CC2=C(C1)c1ccccc1C2(c1ccc(O)cc1)c1ccc(Oc2ccc(C(=O)c3ccc(C(C)C)cc3)cc2)cc1. The van der Waals surface area contributed by atoms with Gasteiger partial charge in [0.05, 0.1) is 5.41 Å². The lowest BCUT2D eigenvalue weighted by Crippen LogP contribution is -2.29. The molecule has 1 unspecified atom stereocenters. The average molecular weight is 601 g/mol. The topological polar surface area (TPSA) is 46.5 Å². The molecule has 46 heavy (non-hydrogen) atoms. The van der Waals surface area contributed by atoms with Crippen molar-refractivity contribution in [1.29, 1.82) is 0 Å². The molecule has 226 valence electrons. The number of ketones is 1. The highest BCUT2D eigenvalue weighted by molar-refractivity contribution is 6.09. The van der Waals surface area contributed by atoms with Crippen molar-refractivity contribution in [2.45, 2.75) is 38.0 Å². The zero-order valence-electron chi connectivity index (χ0n) is 26.2. The summed E-state index contributed by atoms with van der Waals surface area (Å²) in [5, 5.41) is 10.2. The van der Waals surface area contributed by atoms with Crippen molar-refractivity contribution in [2.24, 2.45) is 0 Å². The van der Waals surface area contributed by atoms with Gasteiger partial charge in [-0.3, -0.25) is 4.79 Å². The minimum absolute atomic E-state index is 0.00704. The van der Waals surface area contributed by atoms with Crippen LogP contribution in [0.25, 0.3) is 5.57 Å². The van der Waals surface area contributed by atoms with E-state index in [1.165, 1.54) is 33.4 Å². The molecule has 2 aliphatic carbocycles. The fraction of sp³-hybridized carbons (Fsp3) is 0.140. The molecule has 0 saturated heterocycles. The number of aromatic hydroxyl groups is 1. The predicted octanol–water partition coefficient (Wildman–Crippen LogP) is 10.5. The zero-order chi connectivity index (χ0) is 31.8. The molecule has 0 spiro atoms. The Labute approximate surface area is 270 Å². The fourth-order valence-corrected chi connectivity index (χ4v) is 6.94. The van der Waals surface area contributed by atoms with Gasteiger partial charge in [-0.15, -0.1) is 0 Å². The van der Waals surface area contributed by atoms with E-state index in [4.69, 9.17) is 4.74 Å². The molecule has 0 aromatic heterocycles. The van der Waals surface area contributed by atoms with Crippen LogP contribution in [0.3, 0.4) is 0 Å². The van der Waals surface area contributed by atoms with Gasteiger partial charge in [-0.05, 0) is 106 Å². The first-order valence-corrected chi connectivity index (χ1v) is 15.8. The average Bonchev–Trinajstić information content (AvgIpc) is 3.19. The molecule has 0 amide bonds. The summed E-state index contributed by atoms with van der Waals surface area (Å²) in [7, 11) is 0. The molecule has 0 radical (unpaired) electrons. The predicted molar refractivity (Wildman–Crippen MR) is 186 cm³/mol. The van der Waals surface area contributed by atoms with E-state index >= 15 is 0 Å². The third-order valence-electron chi connectivity index (χ3n) is 9.28. The van der Waals surface area contributed by atoms with Gasteiger partial charge in [0.25, 0.3) is 0 Å². The Morgan fingerprint density at radius 3 is 1.96 bits per heavy atom. The second-order valence-corrected chi connectivity index (χ2v) is 12.5. The normalized spacial score (nSPS) is 17.1. The summed E-state index contributed by atoms with van der Waals surface area (Å²) in [6, 6.07) is 39.7. The summed E-state index contributed by atoms with van der Waals surface area (Å²) in [6.07, 6.45) is 6.16. The molecular formula is C43H36O3. The quantitative estimate of drug-likeness (QED) is 0.149. The summed E-state index contributed by atoms with van der Waals surface area (Å²) < 4.78 is 6.26. The first-order chi connectivity index (χ1) is 22.3. The van der Waals surface area contributed by atoms with Gasteiger partial charge in [0.15, 0.2) is 5.78 Å². The van der Waals surface area contributed by atoms with Crippen molar-refractivity contribution >= 4 is 11.4 Å². The van der Waals surface area contributed by atoms with E-state index in [1.54, 1.807) is 12.1 Å². The van der Waals surface area contributed by atoms with Crippen molar-refractivity contribution in [1.82, 2.24) is 0 Å². The lowest BCUT2D eigenvalue weighted by Gasteiger charge is -2.35. The Morgan fingerprint density at radius 2 is 1.33 bits per heavy atom. The van der Waals surface area contributed by atoms with Gasteiger partial charge >= 0.3 is 0 Å².